The fourth-order valence-electron chi connectivity index (χ4n) is 6.21. The van der Waals surface area contributed by atoms with Gasteiger partial charge in [-0.15, -0.1) is 0 Å². The standard InChI is InChI=1S/C38H35BrN6O2/c39-34-35(30-16-8-7-15-29(30)23-40)43-45-36(42-32-17-9-10-18-33(32)47-25-26-11-3-1-4-12-26)31(24-41-37(34)45)38(46)44-21-19-28(20-22-44)27-13-5-2-6-14-27/h1-18,24,28,42H,19-23,25,40H2. The van der Waals surface area contributed by atoms with Crippen LogP contribution in [-0.2, 0) is 13.2 Å². The Labute approximate surface area is 282 Å². The van der Waals surface area contributed by atoms with Crippen LogP contribution in [0.15, 0.2) is 120 Å². The lowest BCUT2D eigenvalue weighted by molar-refractivity contribution is 0.0713. The summed E-state index contributed by atoms with van der Waals surface area (Å²) in [4.78, 5) is 21.0. The first kappa shape index (κ1) is 30.7. The molecular formula is C38H35BrN6O2. The topological polar surface area (TPSA) is 97.8 Å². The molecule has 1 saturated heterocycles. The van der Waals surface area contributed by atoms with Gasteiger partial charge in [-0.3, -0.25) is 4.79 Å². The SMILES string of the molecule is NCc1ccccc1-c1nn2c(Nc3ccccc3OCc3ccccc3)c(C(=O)N3CCC(c4ccccc4)CC3)cnc2c1Br. The number of ether oxygens (including phenoxy) is 1. The van der Waals surface area contributed by atoms with Gasteiger partial charge in [-0.25, -0.2) is 4.98 Å². The second-order valence-corrected chi connectivity index (χ2v) is 12.4. The molecule has 4 aromatic carbocycles. The van der Waals surface area contributed by atoms with E-state index in [0.717, 1.165) is 34.0 Å². The van der Waals surface area contributed by atoms with Crippen molar-refractivity contribution in [2.75, 3.05) is 18.4 Å². The lowest BCUT2D eigenvalue weighted by atomic mass is 9.89. The average molecular weight is 688 g/mol. The van der Waals surface area contributed by atoms with Crippen LogP contribution in [0.1, 0.15) is 45.8 Å². The summed E-state index contributed by atoms with van der Waals surface area (Å²) >= 11 is 3.77. The number of nitrogens with zero attached hydrogens (tertiary/aromatic N) is 4. The van der Waals surface area contributed by atoms with E-state index < -0.39 is 0 Å². The Balaban J connectivity index is 1.27. The normalized spacial score (nSPS) is 13.5. The molecule has 0 unspecified atom stereocenters. The van der Waals surface area contributed by atoms with Crippen molar-refractivity contribution in [1.29, 1.82) is 0 Å². The van der Waals surface area contributed by atoms with Gasteiger partial charge >= 0.3 is 0 Å². The molecule has 236 valence electrons. The molecule has 2 aromatic heterocycles. The minimum Gasteiger partial charge on any atom is -0.487 e. The molecule has 0 saturated carbocycles. The third-order valence-corrected chi connectivity index (χ3v) is 9.47. The van der Waals surface area contributed by atoms with E-state index in [9.17, 15) is 4.79 Å². The van der Waals surface area contributed by atoms with E-state index in [1.807, 2.05) is 89.8 Å². The highest BCUT2D eigenvalue weighted by molar-refractivity contribution is 9.10. The fraction of sp³-hybridized carbons (Fsp3) is 0.184. The maximum atomic E-state index is 14.3. The van der Waals surface area contributed by atoms with Gasteiger partial charge in [0.15, 0.2) is 5.65 Å². The van der Waals surface area contributed by atoms with E-state index in [1.165, 1.54) is 5.56 Å². The number of nitrogens with one attached hydrogen (secondary N) is 1. The van der Waals surface area contributed by atoms with Crippen molar-refractivity contribution < 1.29 is 9.53 Å². The van der Waals surface area contributed by atoms with E-state index in [0.29, 0.717) is 66.3 Å². The molecule has 1 aliphatic rings. The van der Waals surface area contributed by atoms with E-state index in [2.05, 4.69) is 45.5 Å². The first-order chi connectivity index (χ1) is 23.1. The molecule has 7 rings (SSSR count). The second kappa shape index (κ2) is 13.8. The number of amides is 1. The molecule has 0 aliphatic carbocycles. The number of hydrogen-bond donors (Lipinski definition) is 2. The molecule has 3 heterocycles. The Kier molecular flexibility index (Phi) is 8.99. The highest BCUT2D eigenvalue weighted by Crippen LogP contribution is 2.37. The molecular weight excluding hydrogens is 652 g/mol. The first-order valence-corrected chi connectivity index (χ1v) is 16.6. The molecule has 1 aliphatic heterocycles. The quantitative estimate of drug-likeness (QED) is 0.160. The lowest BCUT2D eigenvalue weighted by Crippen LogP contribution is -2.38. The van der Waals surface area contributed by atoms with Gasteiger partial charge in [-0.1, -0.05) is 97.1 Å². The monoisotopic (exact) mass is 686 g/mol. The second-order valence-electron chi connectivity index (χ2n) is 11.7. The van der Waals surface area contributed by atoms with Crippen LogP contribution in [0.5, 0.6) is 5.75 Å². The Morgan fingerprint density at radius 3 is 2.34 bits per heavy atom. The van der Waals surface area contributed by atoms with E-state index in [4.69, 9.17) is 20.6 Å². The molecule has 0 spiro atoms. The minimum absolute atomic E-state index is 0.0911. The van der Waals surface area contributed by atoms with Gasteiger partial charge in [-0.05, 0) is 63.5 Å². The Morgan fingerprint density at radius 2 is 1.57 bits per heavy atom. The smallest absolute Gasteiger partial charge is 0.259 e. The zero-order valence-corrected chi connectivity index (χ0v) is 27.4. The summed E-state index contributed by atoms with van der Waals surface area (Å²) in [5.74, 6) is 1.51. The van der Waals surface area contributed by atoms with Gasteiger partial charge in [-0.2, -0.15) is 9.61 Å². The zero-order valence-electron chi connectivity index (χ0n) is 25.9. The van der Waals surface area contributed by atoms with Gasteiger partial charge in [0.25, 0.3) is 5.91 Å². The minimum atomic E-state index is -0.0911. The average Bonchev–Trinajstić information content (AvgIpc) is 3.48. The number of aromatic nitrogens is 3. The van der Waals surface area contributed by atoms with Crippen LogP contribution in [0.25, 0.3) is 16.9 Å². The van der Waals surface area contributed by atoms with Crippen molar-refractivity contribution in [3.8, 4) is 17.0 Å². The predicted molar refractivity (Wildman–Crippen MR) is 189 cm³/mol. The van der Waals surface area contributed by atoms with Crippen LogP contribution < -0.4 is 15.8 Å². The van der Waals surface area contributed by atoms with Crippen LogP contribution in [-0.4, -0.2) is 38.5 Å². The van der Waals surface area contributed by atoms with Crippen LogP contribution in [0.3, 0.4) is 0 Å². The number of carbonyl (C=O) groups excluding carboxylic acids is 1. The summed E-state index contributed by atoms with van der Waals surface area (Å²) < 4.78 is 8.71. The largest absolute Gasteiger partial charge is 0.487 e. The van der Waals surface area contributed by atoms with Crippen LogP contribution >= 0.6 is 15.9 Å². The molecule has 3 N–H and O–H groups in total. The number of halogens is 1. The zero-order chi connectivity index (χ0) is 32.2. The maximum absolute atomic E-state index is 14.3. The number of likely N-dealkylation sites (tertiary alicyclic amines) is 1. The molecule has 8 nitrogen and oxygen atoms in total. The van der Waals surface area contributed by atoms with Crippen LogP contribution in [0.2, 0.25) is 0 Å². The van der Waals surface area contributed by atoms with E-state index >= 15 is 0 Å². The highest BCUT2D eigenvalue weighted by Gasteiger charge is 2.29. The summed E-state index contributed by atoms with van der Waals surface area (Å²) in [6, 6.07) is 36.2. The molecule has 0 radical (unpaired) electrons. The van der Waals surface area contributed by atoms with Gasteiger partial charge in [0, 0.05) is 31.4 Å². The van der Waals surface area contributed by atoms with Gasteiger partial charge in [0.1, 0.15) is 29.4 Å². The summed E-state index contributed by atoms with van der Waals surface area (Å²) in [6.45, 7) is 2.08. The summed E-state index contributed by atoms with van der Waals surface area (Å²) in [6.07, 6.45) is 3.46. The Morgan fingerprint density at radius 1 is 0.894 bits per heavy atom. The molecule has 9 heteroatoms. The van der Waals surface area contributed by atoms with E-state index in [1.54, 1.807) is 10.7 Å². The number of hydrogen-bond acceptors (Lipinski definition) is 6. The summed E-state index contributed by atoms with van der Waals surface area (Å²) in [7, 11) is 0. The molecule has 6 aromatic rings. The number of benzene rings is 4. The van der Waals surface area contributed by atoms with Crippen molar-refractivity contribution in [2.24, 2.45) is 5.73 Å². The molecule has 0 bridgehead atoms. The summed E-state index contributed by atoms with van der Waals surface area (Å²) in [5, 5.41) is 8.57. The van der Waals surface area contributed by atoms with Crippen molar-refractivity contribution in [2.45, 2.75) is 31.9 Å². The number of nitrogens with two attached hydrogens (primary N) is 1. The van der Waals surface area contributed by atoms with Gasteiger partial charge in [0.2, 0.25) is 0 Å². The van der Waals surface area contributed by atoms with Crippen LogP contribution in [0.4, 0.5) is 11.5 Å². The van der Waals surface area contributed by atoms with E-state index in [-0.39, 0.29) is 5.91 Å². The third-order valence-electron chi connectivity index (χ3n) is 8.74. The highest BCUT2D eigenvalue weighted by atomic mass is 79.9. The summed E-state index contributed by atoms with van der Waals surface area (Å²) in [5.41, 5.74) is 12.8. The van der Waals surface area contributed by atoms with Crippen molar-refractivity contribution in [3.05, 3.63) is 142 Å². The molecule has 1 amide bonds. The molecule has 1 fully saturated rings. The van der Waals surface area contributed by atoms with Crippen molar-refractivity contribution >= 4 is 39.0 Å². The first-order valence-electron chi connectivity index (χ1n) is 15.8. The number of piperidine rings is 1. The molecule has 0 atom stereocenters. The van der Waals surface area contributed by atoms with Gasteiger partial charge < -0.3 is 20.7 Å². The Bertz CT molecular complexity index is 2010. The number of fused-ring (bicyclic) bond motifs is 1. The molecule has 47 heavy (non-hydrogen) atoms. The van der Waals surface area contributed by atoms with Crippen molar-refractivity contribution in [1.82, 2.24) is 19.5 Å². The Hall–Kier alpha value is -4.99. The number of carbonyl (C=O) groups is 1. The third kappa shape index (κ3) is 6.37. The maximum Gasteiger partial charge on any atom is 0.259 e. The fourth-order valence-corrected chi connectivity index (χ4v) is 6.77. The number of anilines is 2. The number of rotatable bonds is 9. The van der Waals surface area contributed by atoms with Crippen LogP contribution in [0, 0.1) is 0 Å². The van der Waals surface area contributed by atoms with Gasteiger partial charge in [0.05, 0.1) is 10.2 Å². The van der Waals surface area contributed by atoms with Crippen molar-refractivity contribution in [3.63, 3.8) is 0 Å². The number of para-hydroxylation sites is 2. The lowest BCUT2D eigenvalue weighted by Gasteiger charge is -2.32. The predicted octanol–water partition coefficient (Wildman–Crippen LogP) is 7.96.